The van der Waals surface area contributed by atoms with Crippen molar-refractivity contribution in [1.29, 1.82) is 0 Å². The van der Waals surface area contributed by atoms with E-state index in [1.165, 1.54) is 17.6 Å². The molecular formula is C15H18N4O3S. The molecule has 1 aliphatic rings. The van der Waals surface area contributed by atoms with Crippen LogP contribution in [-0.2, 0) is 17.8 Å². The molecule has 0 spiro atoms. The lowest BCUT2D eigenvalue weighted by Gasteiger charge is -2.24. The average molecular weight is 334 g/mol. The third-order valence-corrected chi connectivity index (χ3v) is 4.51. The molecule has 7 nitrogen and oxygen atoms in total. The quantitative estimate of drug-likeness (QED) is 0.865. The van der Waals surface area contributed by atoms with E-state index in [0.717, 1.165) is 23.5 Å². The van der Waals surface area contributed by atoms with E-state index in [2.05, 4.69) is 20.5 Å². The fourth-order valence-corrected chi connectivity index (χ4v) is 3.51. The van der Waals surface area contributed by atoms with Crippen molar-refractivity contribution in [3.05, 3.63) is 34.7 Å². The molecule has 2 amide bonds. The predicted octanol–water partition coefficient (Wildman–Crippen LogP) is 1.48. The molecule has 0 atom stereocenters. The van der Waals surface area contributed by atoms with Crippen LogP contribution in [0.4, 0.5) is 5.13 Å². The molecular weight excluding hydrogens is 316 g/mol. The summed E-state index contributed by atoms with van der Waals surface area (Å²) < 4.78 is 5.07. The van der Waals surface area contributed by atoms with Crippen molar-refractivity contribution in [2.45, 2.75) is 19.9 Å². The van der Waals surface area contributed by atoms with Gasteiger partial charge in [0.2, 0.25) is 5.91 Å². The zero-order valence-corrected chi connectivity index (χ0v) is 13.6. The van der Waals surface area contributed by atoms with Crippen molar-refractivity contribution in [1.82, 2.24) is 15.2 Å². The van der Waals surface area contributed by atoms with E-state index in [-0.39, 0.29) is 17.6 Å². The van der Waals surface area contributed by atoms with Crippen LogP contribution < -0.4 is 10.6 Å². The highest BCUT2D eigenvalue weighted by Gasteiger charge is 2.23. The van der Waals surface area contributed by atoms with Crippen LogP contribution in [0.5, 0.6) is 0 Å². The van der Waals surface area contributed by atoms with Crippen LogP contribution in [0, 0.1) is 0 Å². The molecule has 0 saturated carbocycles. The number of nitrogens with zero attached hydrogens (tertiary/aromatic N) is 2. The minimum absolute atomic E-state index is 0.0341. The molecule has 0 radical (unpaired) electrons. The van der Waals surface area contributed by atoms with E-state index in [9.17, 15) is 9.59 Å². The Morgan fingerprint density at radius 1 is 1.48 bits per heavy atom. The second kappa shape index (κ2) is 6.93. The maximum atomic E-state index is 12.0. The Balaban J connectivity index is 1.62. The molecule has 2 aromatic heterocycles. The van der Waals surface area contributed by atoms with E-state index in [1.54, 1.807) is 12.1 Å². The van der Waals surface area contributed by atoms with Gasteiger partial charge in [0.25, 0.3) is 5.91 Å². The first kappa shape index (κ1) is 15.7. The van der Waals surface area contributed by atoms with Gasteiger partial charge in [0.05, 0.1) is 18.5 Å². The van der Waals surface area contributed by atoms with Gasteiger partial charge in [-0.1, -0.05) is 0 Å². The predicted molar refractivity (Wildman–Crippen MR) is 86.4 cm³/mol. The molecule has 0 bridgehead atoms. The fraction of sp³-hybridized carbons (Fsp3) is 0.400. The molecule has 0 saturated heterocycles. The SMILES string of the molecule is CCNC(=O)CN1CCc2nc(NC(=O)c3ccco3)sc2C1. The van der Waals surface area contributed by atoms with Crippen molar-refractivity contribution in [3.63, 3.8) is 0 Å². The summed E-state index contributed by atoms with van der Waals surface area (Å²) in [5.41, 5.74) is 0.997. The van der Waals surface area contributed by atoms with Gasteiger partial charge in [-0.05, 0) is 19.1 Å². The van der Waals surface area contributed by atoms with Gasteiger partial charge in [-0.15, -0.1) is 11.3 Å². The van der Waals surface area contributed by atoms with Crippen molar-refractivity contribution >= 4 is 28.3 Å². The smallest absolute Gasteiger partial charge is 0.293 e. The third-order valence-electron chi connectivity index (χ3n) is 3.52. The van der Waals surface area contributed by atoms with Crippen molar-refractivity contribution in [3.8, 4) is 0 Å². The molecule has 122 valence electrons. The van der Waals surface area contributed by atoms with Crippen LogP contribution >= 0.6 is 11.3 Å². The van der Waals surface area contributed by atoms with Gasteiger partial charge in [0.1, 0.15) is 0 Å². The lowest BCUT2D eigenvalue weighted by atomic mass is 10.2. The van der Waals surface area contributed by atoms with Gasteiger partial charge in [0.15, 0.2) is 10.9 Å². The van der Waals surface area contributed by atoms with E-state index < -0.39 is 0 Å². The Kier molecular flexibility index (Phi) is 4.73. The maximum absolute atomic E-state index is 12.0. The van der Waals surface area contributed by atoms with Crippen LogP contribution in [-0.4, -0.2) is 41.3 Å². The van der Waals surface area contributed by atoms with Gasteiger partial charge in [-0.3, -0.25) is 19.8 Å². The summed E-state index contributed by atoms with van der Waals surface area (Å²) in [5, 5.41) is 6.12. The average Bonchev–Trinajstić information content (AvgIpc) is 3.15. The number of aromatic nitrogens is 1. The van der Waals surface area contributed by atoms with Crippen molar-refractivity contribution < 1.29 is 14.0 Å². The number of hydrogen-bond donors (Lipinski definition) is 2. The largest absolute Gasteiger partial charge is 0.459 e. The Bertz CT molecular complexity index is 696. The Labute approximate surface area is 137 Å². The molecule has 0 fully saturated rings. The number of likely N-dealkylation sites (N-methyl/N-ethyl adjacent to an activating group) is 1. The number of fused-ring (bicyclic) bond motifs is 1. The highest BCUT2D eigenvalue weighted by molar-refractivity contribution is 7.15. The monoisotopic (exact) mass is 334 g/mol. The molecule has 8 heteroatoms. The summed E-state index contributed by atoms with van der Waals surface area (Å²) >= 11 is 1.45. The first-order valence-corrected chi connectivity index (χ1v) is 8.30. The molecule has 3 heterocycles. The number of nitrogens with one attached hydrogen (secondary N) is 2. The number of rotatable bonds is 5. The number of carbonyl (C=O) groups is 2. The number of thiazole rings is 1. The number of hydrogen-bond acceptors (Lipinski definition) is 6. The summed E-state index contributed by atoms with van der Waals surface area (Å²) in [5.74, 6) is -0.0110. The maximum Gasteiger partial charge on any atom is 0.293 e. The Morgan fingerprint density at radius 3 is 3.09 bits per heavy atom. The van der Waals surface area contributed by atoms with Crippen molar-refractivity contribution in [2.24, 2.45) is 0 Å². The zero-order valence-electron chi connectivity index (χ0n) is 12.8. The van der Waals surface area contributed by atoms with Gasteiger partial charge in [0, 0.05) is 30.9 Å². The third kappa shape index (κ3) is 3.77. The van der Waals surface area contributed by atoms with Gasteiger partial charge < -0.3 is 9.73 Å². The summed E-state index contributed by atoms with van der Waals surface area (Å²) in [6.07, 6.45) is 2.24. The molecule has 2 N–H and O–H groups in total. The standard InChI is InChI=1S/C15H18N4O3S/c1-2-16-13(20)9-19-6-5-10-12(8-19)23-15(17-10)18-14(21)11-4-3-7-22-11/h3-4,7H,2,5-6,8-9H2,1H3,(H,16,20)(H,17,18,21). The van der Waals surface area contributed by atoms with Gasteiger partial charge in [-0.25, -0.2) is 4.98 Å². The topological polar surface area (TPSA) is 87.5 Å². The van der Waals surface area contributed by atoms with E-state index in [4.69, 9.17) is 4.42 Å². The van der Waals surface area contributed by atoms with Crippen molar-refractivity contribution in [2.75, 3.05) is 25.0 Å². The normalized spacial score (nSPS) is 14.3. The minimum Gasteiger partial charge on any atom is -0.459 e. The zero-order chi connectivity index (χ0) is 16.2. The number of carbonyl (C=O) groups excluding carboxylic acids is 2. The number of furan rings is 1. The van der Waals surface area contributed by atoms with Crippen LogP contribution in [0.3, 0.4) is 0 Å². The first-order chi connectivity index (χ1) is 11.2. The van der Waals surface area contributed by atoms with Crippen LogP contribution in [0.15, 0.2) is 22.8 Å². The van der Waals surface area contributed by atoms with E-state index >= 15 is 0 Å². The van der Waals surface area contributed by atoms with E-state index in [0.29, 0.717) is 24.8 Å². The van der Waals surface area contributed by atoms with Crippen LogP contribution in [0.25, 0.3) is 0 Å². The molecule has 2 aromatic rings. The minimum atomic E-state index is -0.305. The van der Waals surface area contributed by atoms with Crippen LogP contribution in [0.2, 0.25) is 0 Å². The molecule has 0 aliphatic carbocycles. The highest BCUT2D eigenvalue weighted by Crippen LogP contribution is 2.28. The second-order valence-corrected chi connectivity index (χ2v) is 6.32. The highest BCUT2D eigenvalue weighted by atomic mass is 32.1. The molecule has 23 heavy (non-hydrogen) atoms. The first-order valence-electron chi connectivity index (χ1n) is 7.48. The Morgan fingerprint density at radius 2 is 2.35 bits per heavy atom. The van der Waals surface area contributed by atoms with Gasteiger partial charge >= 0.3 is 0 Å². The fourth-order valence-electron chi connectivity index (χ4n) is 2.46. The number of anilines is 1. The second-order valence-electron chi connectivity index (χ2n) is 5.23. The molecule has 0 aromatic carbocycles. The van der Waals surface area contributed by atoms with E-state index in [1.807, 2.05) is 6.92 Å². The summed E-state index contributed by atoms with van der Waals surface area (Å²) in [6, 6.07) is 3.28. The summed E-state index contributed by atoms with van der Waals surface area (Å²) in [6.45, 7) is 4.41. The molecule has 0 unspecified atom stereocenters. The lowest BCUT2D eigenvalue weighted by molar-refractivity contribution is -0.122. The Hall–Kier alpha value is -2.19. The number of amides is 2. The molecule has 1 aliphatic heterocycles. The lowest BCUT2D eigenvalue weighted by Crippen LogP contribution is -2.39. The van der Waals surface area contributed by atoms with Crippen LogP contribution in [0.1, 0.15) is 28.0 Å². The molecule has 3 rings (SSSR count). The summed E-state index contributed by atoms with van der Waals surface area (Å²) in [7, 11) is 0. The van der Waals surface area contributed by atoms with Gasteiger partial charge in [-0.2, -0.15) is 0 Å². The summed E-state index contributed by atoms with van der Waals surface area (Å²) in [4.78, 5) is 31.3.